The number of nitrogens with zero attached hydrogens (tertiary/aromatic N) is 1. The molecule has 0 saturated heterocycles. The normalized spacial score (nSPS) is 10.8. The summed E-state index contributed by atoms with van der Waals surface area (Å²) in [6, 6.07) is 1.75. The summed E-state index contributed by atoms with van der Waals surface area (Å²) in [4.78, 5) is 14.6. The zero-order chi connectivity index (χ0) is 13.9. The van der Waals surface area contributed by atoms with Gasteiger partial charge in [-0.2, -0.15) is 0 Å². The second kappa shape index (κ2) is 7.47. The number of thiophene rings is 1. The molecule has 4 nitrogen and oxygen atoms in total. The highest BCUT2D eigenvalue weighted by Crippen LogP contribution is 2.35. The quantitative estimate of drug-likeness (QED) is 0.865. The molecule has 0 aromatic carbocycles. The van der Waals surface area contributed by atoms with Gasteiger partial charge in [-0.1, -0.05) is 13.8 Å². The molecule has 110 valence electrons. The molecule has 1 amide bonds. The van der Waals surface area contributed by atoms with Crippen LogP contribution in [0.25, 0.3) is 0 Å². The van der Waals surface area contributed by atoms with Crippen molar-refractivity contribution in [1.82, 2.24) is 4.90 Å². The van der Waals surface area contributed by atoms with E-state index in [4.69, 9.17) is 10.5 Å². The van der Waals surface area contributed by atoms with Crippen LogP contribution in [-0.2, 0) is 0 Å². The maximum atomic E-state index is 12.2. The second-order valence-corrected chi connectivity index (χ2v) is 7.35. The van der Waals surface area contributed by atoms with Crippen molar-refractivity contribution in [3.05, 3.63) is 14.7 Å². The minimum atomic E-state index is -0.0804. The highest BCUT2D eigenvalue weighted by molar-refractivity contribution is 9.11. The second-order valence-electron chi connectivity index (χ2n) is 4.98. The Morgan fingerprint density at radius 2 is 2.16 bits per heavy atom. The summed E-state index contributed by atoms with van der Waals surface area (Å²) in [5.74, 6) is 0.681. The summed E-state index contributed by atoms with van der Waals surface area (Å²) in [6.45, 7) is 5.26. The van der Waals surface area contributed by atoms with E-state index in [9.17, 15) is 4.79 Å². The van der Waals surface area contributed by atoms with Gasteiger partial charge in [0.2, 0.25) is 0 Å². The maximum Gasteiger partial charge on any atom is 0.263 e. The Morgan fingerprint density at radius 1 is 1.58 bits per heavy atom. The fraction of sp³-hybridized carbons (Fsp3) is 0.583. The topological polar surface area (TPSA) is 55.6 Å². The summed E-state index contributed by atoms with van der Waals surface area (Å²) in [5.41, 5.74) is 5.60. The van der Waals surface area contributed by atoms with Gasteiger partial charge in [0.25, 0.3) is 5.91 Å². The minimum Gasteiger partial charge on any atom is -0.495 e. The van der Waals surface area contributed by atoms with Gasteiger partial charge in [-0.25, -0.2) is 0 Å². The van der Waals surface area contributed by atoms with Crippen LogP contribution in [0.5, 0.6) is 5.75 Å². The van der Waals surface area contributed by atoms with Crippen LogP contribution in [-0.4, -0.2) is 38.1 Å². The Kier molecular flexibility index (Phi) is 7.36. The van der Waals surface area contributed by atoms with Crippen molar-refractivity contribution in [2.24, 2.45) is 11.1 Å². The standard InChI is InChI=1S/C12H19BrN2O2S.ClH/c1-12(2,6-14)7-15(3)11(16)9-5-8(17-4)10(13)18-9;/h5H,6-7,14H2,1-4H3;1H. The summed E-state index contributed by atoms with van der Waals surface area (Å²) in [5, 5.41) is 0. The van der Waals surface area contributed by atoms with Gasteiger partial charge in [-0.05, 0) is 27.9 Å². The predicted molar refractivity (Wildman–Crippen MR) is 85.6 cm³/mol. The molecule has 0 unspecified atom stereocenters. The van der Waals surface area contributed by atoms with E-state index in [0.717, 1.165) is 3.79 Å². The van der Waals surface area contributed by atoms with Crippen molar-refractivity contribution in [3.63, 3.8) is 0 Å². The highest BCUT2D eigenvalue weighted by atomic mass is 79.9. The van der Waals surface area contributed by atoms with Crippen molar-refractivity contribution in [2.75, 3.05) is 27.2 Å². The molecule has 0 radical (unpaired) electrons. The van der Waals surface area contributed by atoms with Crippen molar-refractivity contribution < 1.29 is 9.53 Å². The van der Waals surface area contributed by atoms with E-state index in [1.807, 2.05) is 13.8 Å². The van der Waals surface area contributed by atoms with Gasteiger partial charge in [0.15, 0.2) is 0 Å². The minimum absolute atomic E-state index is 0. The SMILES string of the molecule is COc1cc(C(=O)N(C)CC(C)(C)CN)sc1Br.Cl. The zero-order valence-electron chi connectivity index (χ0n) is 11.5. The van der Waals surface area contributed by atoms with Crippen molar-refractivity contribution in [1.29, 1.82) is 0 Å². The van der Waals surface area contributed by atoms with Crippen LogP contribution in [0.2, 0.25) is 0 Å². The van der Waals surface area contributed by atoms with Gasteiger partial charge in [0, 0.05) is 19.7 Å². The first-order valence-corrected chi connectivity index (χ1v) is 7.20. The van der Waals surface area contributed by atoms with Crippen LogP contribution in [0.1, 0.15) is 23.5 Å². The van der Waals surface area contributed by atoms with E-state index in [1.54, 1.807) is 25.1 Å². The molecule has 0 saturated carbocycles. The smallest absolute Gasteiger partial charge is 0.263 e. The van der Waals surface area contributed by atoms with Gasteiger partial charge in [-0.15, -0.1) is 23.7 Å². The number of hydrogen-bond acceptors (Lipinski definition) is 4. The summed E-state index contributed by atoms with van der Waals surface area (Å²) < 4.78 is 5.98. The van der Waals surface area contributed by atoms with E-state index < -0.39 is 0 Å². The highest BCUT2D eigenvalue weighted by Gasteiger charge is 2.23. The lowest BCUT2D eigenvalue weighted by atomic mass is 9.93. The maximum absolute atomic E-state index is 12.2. The van der Waals surface area contributed by atoms with Crippen LogP contribution < -0.4 is 10.5 Å². The molecule has 0 spiro atoms. The summed E-state index contributed by atoms with van der Waals surface area (Å²) in [7, 11) is 3.38. The number of rotatable bonds is 5. The van der Waals surface area contributed by atoms with Gasteiger partial charge in [-0.3, -0.25) is 4.79 Å². The fourth-order valence-electron chi connectivity index (χ4n) is 1.56. The van der Waals surface area contributed by atoms with Gasteiger partial charge >= 0.3 is 0 Å². The molecular formula is C12H20BrClN2O2S. The van der Waals surface area contributed by atoms with Crippen LogP contribution in [0, 0.1) is 5.41 Å². The number of methoxy groups -OCH3 is 1. The molecule has 0 fully saturated rings. The molecule has 1 aromatic rings. The average molecular weight is 372 g/mol. The van der Waals surface area contributed by atoms with E-state index in [1.165, 1.54) is 11.3 Å². The summed E-state index contributed by atoms with van der Waals surface area (Å²) in [6.07, 6.45) is 0. The first-order valence-electron chi connectivity index (χ1n) is 5.59. The number of ether oxygens (including phenoxy) is 1. The van der Waals surface area contributed by atoms with Crippen molar-refractivity contribution >= 4 is 45.6 Å². The molecule has 0 bridgehead atoms. The van der Waals surface area contributed by atoms with E-state index in [-0.39, 0.29) is 23.7 Å². The first-order chi connectivity index (χ1) is 8.30. The Balaban J connectivity index is 0.00000324. The number of hydrogen-bond donors (Lipinski definition) is 1. The van der Waals surface area contributed by atoms with E-state index in [2.05, 4.69) is 15.9 Å². The van der Waals surface area contributed by atoms with Crippen LogP contribution in [0.3, 0.4) is 0 Å². The van der Waals surface area contributed by atoms with Crippen molar-refractivity contribution in [2.45, 2.75) is 13.8 Å². The number of carbonyl (C=O) groups is 1. The van der Waals surface area contributed by atoms with Crippen molar-refractivity contribution in [3.8, 4) is 5.75 Å². The molecule has 0 aliphatic carbocycles. The average Bonchev–Trinajstić information content (AvgIpc) is 2.69. The molecular weight excluding hydrogens is 352 g/mol. The zero-order valence-corrected chi connectivity index (χ0v) is 14.7. The summed E-state index contributed by atoms with van der Waals surface area (Å²) >= 11 is 4.75. The Morgan fingerprint density at radius 3 is 2.58 bits per heavy atom. The predicted octanol–water partition coefficient (Wildman–Crippen LogP) is 3.00. The third-order valence-corrected chi connectivity index (χ3v) is 4.42. The largest absolute Gasteiger partial charge is 0.495 e. The van der Waals surface area contributed by atoms with Crippen LogP contribution in [0.15, 0.2) is 9.85 Å². The fourth-order valence-corrected chi connectivity index (χ4v) is 3.21. The van der Waals surface area contributed by atoms with Gasteiger partial charge in [0.05, 0.1) is 12.0 Å². The lowest BCUT2D eigenvalue weighted by Gasteiger charge is -2.28. The number of nitrogens with two attached hydrogens (primary N) is 1. The monoisotopic (exact) mass is 370 g/mol. The first kappa shape index (κ1) is 18.7. The number of halogens is 2. The molecule has 0 aliphatic heterocycles. The van der Waals surface area contributed by atoms with E-state index in [0.29, 0.717) is 23.7 Å². The number of amides is 1. The Labute approximate surface area is 132 Å². The van der Waals surface area contributed by atoms with E-state index >= 15 is 0 Å². The Hall–Kier alpha value is -0.300. The molecule has 19 heavy (non-hydrogen) atoms. The van der Waals surface area contributed by atoms with Crippen LogP contribution in [0.4, 0.5) is 0 Å². The lowest BCUT2D eigenvalue weighted by molar-refractivity contribution is 0.0745. The molecule has 0 atom stereocenters. The lowest BCUT2D eigenvalue weighted by Crippen LogP contribution is -2.39. The molecule has 1 rings (SSSR count). The van der Waals surface area contributed by atoms with Crippen LogP contribution >= 0.6 is 39.7 Å². The van der Waals surface area contributed by atoms with Gasteiger partial charge in [0.1, 0.15) is 9.54 Å². The number of carbonyl (C=O) groups excluding carboxylic acids is 1. The molecule has 0 aliphatic rings. The third-order valence-electron chi connectivity index (χ3n) is 2.65. The molecule has 2 N–H and O–H groups in total. The van der Waals surface area contributed by atoms with Gasteiger partial charge < -0.3 is 15.4 Å². The molecule has 1 heterocycles. The molecule has 7 heteroatoms. The molecule has 1 aromatic heterocycles. The third kappa shape index (κ3) is 4.95. The Bertz CT molecular complexity index is 437.